The number of rotatable bonds is 2. The highest BCUT2D eigenvalue weighted by Gasteiger charge is 2.41. The third-order valence-corrected chi connectivity index (χ3v) is 3.32. The minimum Gasteiger partial charge on any atom is -0.504 e. The van der Waals surface area contributed by atoms with Crippen LogP contribution in [0.4, 0.5) is 0 Å². The van der Waals surface area contributed by atoms with Crippen molar-refractivity contribution in [3.63, 3.8) is 0 Å². The van der Waals surface area contributed by atoms with E-state index < -0.39 is 5.60 Å². The highest BCUT2D eigenvalue weighted by molar-refractivity contribution is 5.55. The normalized spacial score (nSPS) is 20.8. The molecule has 17 heavy (non-hydrogen) atoms. The van der Waals surface area contributed by atoms with Gasteiger partial charge in [-0.3, -0.25) is 0 Å². The summed E-state index contributed by atoms with van der Waals surface area (Å²) < 4.78 is 11.0. The van der Waals surface area contributed by atoms with Crippen LogP contribution in [0.2, 0.25) is 0 Å². The van der Waals surface area contributed by atoms with E-state index >= 15 is 0 Å². The first-order chi connectivity index (χ1) is 8.18. The molecule has 1 aromatic carbocycles. The van der Waals surface area contributed by atoms with Gasteiger partial charge in [0.05, 0.1) is 18.8 Å². The molecule has 0 amide bonds. The molecule has 92 valence electrons. The van der Waals surface area contributed by atoms with E-state index in [2.05, 4.69) is 0 Å². The Morgan fingerprint density at radius 3 is 2.71 bits per heavy atom. The predicted octanol–water partition coefficient (Wildman–Crippen LogP) is 1.62. The van der Waals surface area contributed by atoms with Gasteiger partial charge in [0.2, 0.25) is 5.75 Å². The van der Waals surface area contributed by atoms with E-state index in [1.165, 1.54) is 0 Å². The Balaban J connectivity index is 1.93. The van der Waals surface area contributed by atoms with Gasteiger partial charge in [-0.25, -0.2) is 0 Å². The van der Waals surface area contributed by atoms with Gasteiger partial charge < -0.3 is 19.7 Å². The average molecular weight is 236 g/mol. The second-order valence-corrected chi connectivity index (χ2v) is 4.85. The summed E-state index contributed by atoms with van der Waals surface area (Å²) in [5.41, 5.74) is 0.117. The predicted molar refractivity (Wildman–Crippen MR) is 61.6 cm³/mol. The molecule has 1 saturated carbocycles. The molecule has 0 atom stereocenters. The average Bonchev–Trinajstić information content (AvgIpc) is 3.06. The molecule has 4 heteroatoms. The Labute approximate surface area is 99.8 Å². The maximum Gasteiger partial charge on any atom is 0.203 e. The minimum atomic E-state index is -0.614. The SMILES string of the molecule is Oc1c(CC2(O)CC2)ccc2c1OCCCO2. The van der Waals surface area contributed by atoms with Gasteiger partial charge in [-0.2, -0.15) is 0 Å². The molecule has 1 aliphatic carbocycles. The van der Waals surface area contributed by atoms with Gasteiger partial charge in [-0.15, -0.1) is 0 Å². The van der Waals surface area contributed by atoms with Crippen molar-refractivity contribution in [3.8, 4) is 17.2 Å². The first kappa shape index (κ1) is 10.7. The second kappa shape index (κ2) is 3.81. The van der Waals surface area contributed by atoms with Gasteiger partial charge in [0.15, 0.2) is 11.5 Å². The van der Waals surface area contributed by atoms with Crippen LogP contribution >= 0.6 is 0 Å². The highest BCUT2D eigenvalue weighted by atomic mass is 16.5. The first-order valence-electron chi connectivity index (χ1n) is 6.01. The molecule has 2 N–H and O–H groups in total. The molecule has 0 unspecified atom stereocenters. The van der Waals surface area contributed by atoms with Crippen molar-refractivity contribution < 1.29 is 19.7 Å². The molecular formula is C13H16O4. The molecular weight excluding hydrogens is 220 g/mol. The van der Waals surface area contributed by atoms with Gasteiger partial charge in [-0.05, 0) is 18.9 Å². The number of ether oxygens (including phenoxy) is 2. The largest absolute Gasteiger partial charge is 0.504 e. The second-order valence-electron chi connectivity index (χ2n) is 4.85. The zero-order chi connectivity index (χ0) is 11.9. The van der Waals surface area contributed by atoms with Gasteiger partial charge >= 0.3 is 0 Å². The van der Waals surface area contributed by atoms with E-state index in [9.17, 15) is 10.2 Å². The first-order valence-corrected chi connectivity index (χ1v) is 6.01. The molecule has 0 radical (unpaired) electrons. The summed E-state index contributed by atoms with van der Waals surface area (Å²) in [4.78, 5) is 0. The lowest BCUT2D eigenvalue weighted by molar-refractivity contribution is 0.149. The van der Waals surface area contributed by atoms with Crippen LogP contribution in [0.1, 0.15) is 24.8 Å². The number of aromatic hydroxyl groups is 1. The number of hydrogen-bond donors (Lipinski definition) is 2. The Bertz CT molecular complexity index is 437. The van der Waals surface area contributed by atoms with E-state index in [0.717, 1.165) is 24.8 Å². The van der Waals surface area contributed by atoms with Gasteiger partial charge in [0.1, 0.15) is 0 Å². The lowest BCUT2D eigenvalue weighted by atomic mass is 10.0. The Hall–Kier alpha value is -1.42. The molecule has 1 aliphatic heterocycles. The molecule has 2 aliphatic rings. The summed E-state index contributed by atoms with van der Waals surface area (Å²) in [6.45, 7) is 1.16. The Morgan fingerprint density at radius 2 is 1.94 bits per heavy atom. The lowest BCUT2D eigenvalue weighted by Gasteiger charge is -2.14. The fourth-order valence-corrected chi connectivity index (χ4v) is 2.08. The number of benzene rings is 1. The zero-order valence-corrected chi connectivity index (χ0v) is 9.61. The van der Waals surface area contributed by atoms with Crippen LogP contribution in [-0.4, -0.2) is 29.0 Å². The zero-order valence-electron chi connectivity index (χ0n) is 9.61. The number of phenolic OH excluding ortho intramolecular Hbond substituents is 1. The van der Waals surface area contributed by atoms with Crippen LogP contribution in [0, 0.1) is 0 Å². The summed E-state index contributed by atoms with van der Waals surface area (Å²) in [5, 5.41) is 20.0. The van der Waals surface area contributed by atoms with Crippen LogP contribution in [-0.2, 0) is 6.42 Å². The molecule has 1 heterocycles. The molecule has 1 fully saturated rings. The van der Waals surface area contributed by atoms with Crippen LogP contribution in [0.25, 0.3) is 0 Å². The van der Waals surface area contributed by atoms with Crippen LogP contribution in [0.5, 0.6) is 17.2 Å². The third kappa shape index (κ3) is 2.05. The van der Waals surface area contributed by atoms with Crippen molar-refractivity contribution in [1.29, 1.82) is 0 Å². The van der Waals surface area contributed by atoms with Crippen molar-refractivity contribution in [1.82, 2.24) is 0 Å². The van der Waals surface area contributed by atoms with Crippen molar-refractivity contribution in [2.24, 2.45) is 0 Å². The van der Waals surface area contributed by atoms with Crippen LogP contribution < -0.4 is 9.47 Å². The number of phenols is 1. The van der Waals surface area contributed by atoms with E-state index in [1.54, 1.807) is 12.1 Å². The summed E-state index contributed by atoms with van der Waals surface area (Å²) in [7, 11) is 0. The summed E-state index contributed by atoms with van der Waals surface area (Å²) in [6.07, 6.45) is 2.91. The minimum absolute atomic E-state index is 0.115. The van der Waals surface area contributed by atoms with Crippen molar-refractivity contribution in [3.05, 3.63) is 17.7 Å². The molecule has 0 bridgehead atoms. The Morgan fingerprint density at radius 1 is 1.18 bits per heavy atom. The molecule has 4 nitrogen and oxygen atoms in total. The topological polar surface area (TPSA) is 58.9 Å². The van der Waals surface area contributed by atoms with Crippen LogP contribution in [0.3, 0.4) is 0 Å². The molecule has 1 aromatic rings. The van der Waals surface area contributed by atoms with E-state index in [4.69, 9.17) is 9.47 Å². The Kier molecular flexibility index (Phi) is 2.40. The summed E-state index contributed by atoms with van der Waals surface area (Å²) in [5.74, 6) is 1.13. The van der Waals surface area contributed by atoms with E-state index in [1.807, 2.05) is 0 Å². The number of hydrogen-bond acceptors (Lipinski definition) is 4. The molecule has 0 spiro atoms. The smallest absolute Gasteiger partial charge is 0.203 e. The number of aliphatic hydroxyl groups is 1. The van der Waals surface area contributed by atoms with E-state index in [-0.39, 0.29) is 5.75 Å². The van der Waals surface area contributed by atoms with E-state index in [0.29, 0.717) is 31.1 Å². The fourth-order valence-electron chi connectivity index (χ4n) is 2.08. The fraction of sp³-hybridized carbons (Fsp3) is 0.538. The van der Waals surface area contributed by atoms with Crippen molar-refractivity contribution >= 4 is 0 Å². The highest BCUT2D eigenvalue weighted by Crippen LogP contribution is 2.45. The molecule has 0 saturated heterocycles. The van der Waals surface area contributed by atoms with Gasteiger partial charge in [0, 0.05) is 18.4 Å². The maximum atomic E-state index is 10.1. The standard InChI is InChI=1S/C13H16O4/c14-11-9(8-13(15)4-5-13)2-3-10-12(11)17-7-1-6-16-10/h2-3,14-15H,1,4-8H2. The van der Waals surface area contributed by atoms with Crippen molar-refractivity contribution in [2.75, 3.05) is 13.2 Å². The quantitative estimate of drug-likeness (QED) is 0.819. The maximum absolute atomic E-state index is 10.1. The van der Waals surface area contributed by atoms with Crippen LogP contribution in [0.15, 0.2) is 12.1 Å². The van der Waals surface area contributed by atoms with Crippen molar-refractivity contribution in [2.45, 2.75) is 31.3 Å². The lowest BCUT2D eigenvalue weighted by Crippen LogP contribution is -2.11. The third-order valence-electron chi connectivity index (χ3n) is 3.32. The van der Waals surface area contributed by atoms with Gasteiger partial charge in [-0.1, -0.05) is 6.07 Å². The molecule has 3 rings (SSSR count). The molecule has 0 aromatic heterocycles. The monoisotopic (exact) mass is 236 g/mol. The summed E-state index contributed by atoms with van der Waals surface area (Å²) in [6, 6.07) is 3.61. The number of fused-ring (bicyclic) bond motifs is 1. The van der Waals surface area contributed by atoms with Gasteiger partial charge in [0.25, 0.3) is 0 Å². The summed E-state index contributed by atoms with van der Waals surface area (Å²) >= 11 is 0.